The highest BCUT2D eigenvalue weighted by atomic mass is 79.9. The lowest BCUT2D eigenvalue weighted by Gasteiger charge is -2.18. The first-order valence-corrected chi connectivity index (χ1v) is 7.05. The summed E-state index contributed by atoms with van der Waals surface area (Å²) in [5, 5.41) is 3.23. The molecule has 0 radical (unpaired) electrons. The van der Waals surface area contributed by atoms with Gasteiger partial charge in [0.05, 0.1) is 5.69 Å². The average Bonchev–Trinajstić information content (AvgIpc) is 2.32. The Morgan fingerprint density at radius 1 is 1.11 bits per heavy atom. The van der Waals surface area contributed by atoms with Crippen LogP contribution < -0.4 is 5.32 Å². The van der Waals surface area contributed by atoms with Gasteiger partial charge in [-0.15, -0.1) is 0 Å². The Morgan fingerprint density at radius 2 is 1.74 bits per heavy atom. The molecule has 1 N–H and O–H groups in total. The van der Waals surface area contributed by atoms with Crippen molar-refractivity contribution in [1.29, 1.82) is 0 Å². The number of nitrogens with one attached hydrogen (secondary N) is 1. The zero-order chi connectivity index (χ0) is 14.0. The number of hydrogen-bond donors (Lipinski definition) is 1. The molecule has 0 bridgehead atoms. The molecule has 100 valence electrons. The van der Waals surface area contributed by atoms with E-state index in [2.05, 4.69) is 53.3 Å². The smallest absolute Gasteiger partial charge is 0.147 e. The van der Waals surface area contributed by atoms with Crippen LogP contribution in [0.1, 0.15) is 29.7 Å². The summed E-state index contributed by atoms with van der Waals surface area (Å²) < 4.78 is 14.5. The lowest BCUT2D eigenvalue weighted by atomic mass is 10.0. The van der Waals surface area contributed by atoms with Crippen LogP contribution in [0, 0.1) is 19.7 Å². The second kappa shape index (κ2) is 5.74. The van der Waals surface area contributed by atoms with E-state index in [1.165, 1.54) is 17.2 Å². The van der Waals surface area contributed by atoms with Gasteiger partial charge < -0.3 is 5.32 Å². The molecule has 0 aromatic heterocycles. The van der Waals surface area contributed by atoms with Crippen LogP contribution in [0.4, 0.5) is 10.1 Å². The van der Waals surface area contributed by atoms with Gasteiger partial charge in [0, 0.05) is 10.5 Å². The number of rotatable bonds is 3. The molecule has 1 nitrogen and oxygen atoms in total. The van der Waals surface area contributed by atoms with Crippen LogP contribution in [-0.4, -0.2) is 0 Å². The second-order valence-electron chi connectivity index (χ2n) is 4.88. The summed E-state index contributed by atoms with van der Waals surface area (Å²) in [5.41, 5.74) is 4.11. The van der Waals surface area contributed by atoms with Gasteiger partial charge in [0.2, 0.25) is 0 Å². The van der Waals surface area contributed by atoms with E-state index in [-0.39, 0.29) is 11.9 Å². The summed E-state index contributed by atoms with van der Waals surface area (Å²) in [5.74, 6) is -0.245. The minimum atomic E-state index is -0.245. The van der Waals surface area contributed by atoms with Crippen molar-refractivity contribution in [3.63, 3.8) is 0 Å². The van der Waals surface area contributed by atoms with Gasteiger partial charge in [0.1, 0.15) is 5.82 Å². The largest absolute Gasteiger partial charge is 0.375 e. The molecule has 0 heterocycles. The molecule has 0 fully saturated rings. The highest BCUT2D eigenvalue weighted by Crippen LogP contribution is 2.29. The van der Waals surface area contributed by atoms with Crippen molar-refractivity contribution >= 4 is 21.6 Å². The summed E-state index contributed by atoms with van der Waals surface area (Å²) in [6, 6.07) is 11.4. The Bertz CT molecular complexity index is 555. The third-order valence-electron chi connectivity index (χ3n) is 3.07. The zero-order valence-corrected chi connectivity index (χ0v) is 12.9. The van der Waals surface area contributed by atoms with Crippen LogP contribution in [0.3, 0.4) is 0 Å². The molecule has 2 aromatic rings. The maximum absolute atomic E-state index is 13.8. The third kappa shape index (κ3) is 3.35. The molecular weight excluding hydrogens is 305 g/mol. The molecule has 0 aliphatic carbocycles. The Morgan fingerprint density at radius 3 is 2.32 bits per heavy atom. The quantitative estimate of drug-likeness (QED) is 0.800. The van der Waals surface area contributed by atoms with Crippen LogP contribution >= 0.6 is 15.9 Å². The minimum Gasteiger partial charge on any atom is -0.375 e. The Labute approximate surface area is 122 Å². The van der Waals surface area contributed by atoms with Crippen molar-refractivity contribution in [2.75, 3.05) is 5.32 Å². The highest BCUT2D eigenvalue weighted by Gasteiger charge is 2.11. The van der Waals surface area contributed by atoms with Gasteiger partial charge in [-0.2, -0.15) is 0 Å². The van der Waals surface area contributed by atoms with E-state index in [4.69, 9.17) is 0 Å². The number of aryl methyl sites for hydroxylation is 2. The van der Waals surface area contributed by atoms with Gasteiger partial charge in [0.15, 0.2) is 0 Å². The van der Waals surface area contributed by atoms with Gasteiger partial charge in [-0.1, -0.05) is 35.4 Å². The summed E-state index contributed by atoms with van der Waals surface area (Å²) in [6.07, 6.45) is 0. The number of halogens is 2. The first kappa shape index (κ1) is 14.1. The van der Waals surface area contributed by atoms with E-state index < -0.39 is 0 Å². The standard InChI is InChI=1S/C16H17BrFN/c1-10-7-11(2)9-13(8-10)12(3)19-16-14(17)5-4-6-15(16)18/h4-9,12,19H,1-3H3. The number of benzene rings is 2. The molecule has 3 heteroatoms. The molecule has 0 aliphatic rings. The van der Waals surface area contributed by atoms with Gasteiger partial charge in [-0.3, -0.25) is 0 Å². The van der Waals surface area contributed by atoms with Crippen molar-refractivity contribution in [2.24, 2.45) is 0 Å². The first-order valence-electron chi connectivity index (χ1n) is 6.26. The van der Waals surface area contributed by atoms with E-state index in [9.17, 15) is 4.39 Å². The van der Waals surface area contributed by atoms with Crippen LogP contribution in [-0.2, 0) is 0 Å². The van der Waals surface area contributed by atoms with E-state index in [1.807, 2.05) is 13.0 Å². The van der Waals surface area contributed by atoms with Crippen molar-refractivity contribution in [1.82, 2.24) is 0 Å². The van der Waals surface area contributed by atoms with Gasteiger partial charge in [-0.05, 0) is 54.4 Å². The Balaban J connectivity index is 2.28. The summed E-state index contributed by atoms with van der Waals surface area (Å²) >= 11 is 3.37. The van der Waals surface area contributed by atoms with E-state index in [1.54, 1.807) is 6.07 Å². The average molecular weight is 322 g/mol. The van der Waals surface area contributed by atoms with Crippen LogP contribution in [0.2, 0.25) is 0 Å². The van der Waals surface area contributed by atoms with Crippen LogP contribution in [0.15, 0.2) is 40.9 Å². The molecular formula is C16H17BrFN. The maximum atomic E-state index is 13.8. The second-order valence-corrected chi connectivity index (χ2v) is 5.74. The molecule has 2 rings (SSSR count). The molecule has 0 aliphatic heterocycles. The number of hydrogen-bond acceptors (Lipinski definition) is 1. The monoisotopic (exact) mass is 321 g/mol. The fraction of sp³-hybridized carbons (Fsp3) is 0.250. The van der Waals surface area contributed by atoms with Gasteiger partial charge >= 0.3 is 0 Å². The zero-order valence-electron chi connectivity index (χ0n) is 11.3. The molecule has 0 saturated carbocycles. The van der Waals surface area contributed by atoms with Crippen molar-refractivity contribution in [3.8, 4) is 0 Å². The molecule has 2 aromatic carbocycles. The van der Waals surface area contributed by atoms with Gasteiger partial charge in [0.25, 0.3) is 0 Å². The van der Waals surface area contributed by atoms with Crippen LogP contribution in [0.25, 0.3) is 0 Å². The molecule has 19 heavy (non-hydrogen) atoms. The fourth-order valence-electron chi connectivity index (χ4n) is 2.20. The highest BCUT2D eigenvalue weighted by molar-refractivity contribution is 9.10. The molecule has 0 saturated heterocycles. The Hall–Kier alpha value is -1.35. The van der Waals surface area contributed by atoms with E-state index in [0.717, 1.165) is 10.0 Å². The Kier molecular flexibility index (Phi) is 4.25. The topological polar surface area (TPSA) is 12.0 Å². The van der Waals surface area contributed by atoms with Gasteiger partial charge in [-0.25, -0.2) is 4.39 Å². The summed E-state index contributed by atoms with van der Waals surface area (Å²) in [4.78, 5) is 0. The molecule has 0 amide bonds. The molecule has 1 atom stereocenters. The van der Waals surface area contributed by atoms with E-state index >= 15 is 0 Å². The number of anilines is 1. The molecule has 1 unspecified atom stereocenters. The lowest BCUT2D eigenvalue weighted by molar-refractivity contribution is 0.626. The molecule has 0 spiro atoms. The predicted molar refractivity (Wildman–Crippen MR) is 82.1 cm³/mol. The van der Waals surface area contributed by atoms with Crippen LogP contribution in [0.5, 0.6) is 0 Å². The lowest BCUT2D eigenvalue weighted by Crippen LogP contribution is -2.09. The fourth-order valence-corrected chi connectivity index (χ4v) is 2.65. The van der Waals surface area contributed by atoms with Crippen molar-refractivity contribution in [3.05, 3.63) is 63.4 Å². The maximum Gasteiger partial charge on any atom is 0.147 e. The summed E-state index contributed by atoms with van der Waals surface area (Å²) in [6.45, 7) is 6.18. The van der Waals surface area contributed by atoms with Crippen molar-refractivity contribution < 1.29 is 4.39 Å². The summed E-state index contributed by atoms with van der Waals surface area (Å²) in [7, 11) is 0. The first-order chi connectivity index (χ1) is 8.97. The van der Waals surface area contributed by atoms with Crippen molar-refractivity contribution in [2.45, 2.75) is 26.8 Å². The number of para-hydroxylation sites is 1. The third-order valence-corrected chi connectivity index (χ3v) is 3.73. The predicted octanol–water partition coefficient (Wildman–Crippen LogP) is 5.38. The van der Waals surface area contributed by atoms with E-state index in [0.29, 0.717) is 5.69 Å². The normalized spacial score (nSPS) is 12.3. The minimum absolute atomic E-state index is 0.0480. The SMILES string of the molecule is Cc1cc(C)cc(C(C)Nc2c(F)cccc2Br)c1.